The van der Waals surface area contributed by atoms with Gasteiger partial charge in [0.1, 0.15) is 18.2 Å². The zero-order valence-corrected chi connectivity index (χ0v) is 12.3. The first-order chi connectivity index (χ1) is 8.80. The molecule has 1 aliphatic rings. The molecular weight excluding hydrogens is 238 g/mol. The standard InChI is InChI=1S/C16H23NO2/c1-16(2,3)19-15(18)14-10-11-17(14,4)12-13-8-6-5-7-9-13/h5-9H,10-12H2,1-4H3/b15-14+/t17-/m1/s1. The molecule has 1 fully saturated rings. The van der Waals surface area contributed by atoms with E-state index in [4.69, 9.17) is 4.74 Å². The fraction of sp³-hybridized carbons (Fsp3) is 0.500. The minimum absolute atomic E-state index is 0.141. The van der Waals surface area contributed by atoms with E-state index in [1.165, 1.54) is 5.56 Å². The zero-order valence-electron chi connectivity index (χ0n) is 12.3. The maximum atomic E-state index is 12.2. The maximum absolute atomic E-state index is 12.2. The van der Waals surface area contributed by atoms with Crippen LogP contribution < -0.4 is 5.11 Å². The molecule has 1 atom stereocenters. The van der Waals surface area contributed by atoms with Gasteiger partial charge in [0, 0.05) is 11.2 Å². The second kappa shape index (κ2) is 4.89. The van der Waals surface area contributed by atoms with E-state index in [9.17, 15) is 5.11 Å². The molecule has 1 saturated heterocycles. The molecular formula is C16H23NO2. The van der Waals surface area contributed by atoms with Gasteiger partial charge in [0.15, 0.2) is 0 Å². The molecule has 0 bridgehead atoms. The van der Waals surface area contributed by atoms with Crippen LogP contribution in [-0.4, -0.2) is 23.7 Å². The van der Waals surface area contributed by atoms with Gasteiger partial charge in [-0.05, 0) is 0 Å². The molecule has 1 aliphatic heterocycles. The first-order valence-electron chi connectivity index (χ1n) is 6.78. The summed E-state index contributed by atoms with van der Waals surface area (Å²) in [6.07, 6.45) is 0.845. The Hall–Kier alpha value is -1.48. The second-order valence-corrected chi connectivity index (χ2v) is 6.46. The summed E-state index contributed by atoms with van der Waals surface area (Å²) in [6, 6.07) is 10.3. The van der Waals surface area contributed by atoms with Crippen LogP contribution in [0.5, 0.6) is 0 Å². The van der Waals surface area contributed by atoms with Crippen LogP contribution in [-0.2, 0) is 11.3 Å². The third-order valence-corrected chi connectivity index (χ3v) is 3.50. The lowest BCUT2D eigenvalue weighted by atomic mass is 10.0. The maximum Gasteiger partial charge on any atom is 0.137 e. The van der Waals surface area contributed by atoms with Crippen LogP contribution in [0.3, 0.4) is 0 Å². The Morgan fingerprint density at radius 2 is 1.89 bits per heavy atom. The minimum atomic E-state index is -0.419. The first kappa shape index (κ1) is 13.9. The third-order valence-electron chi connectivity index (χ3n) is 3.50. The van der Waals surface area contributed by atoms with Crippen LogP contribution in [0.1, 0.15) is 32.8 Å². The monoisotopic (exact) mass is 261 g/mol. The summed E-state index contributed by atoms with van der Waals surface area (Å²) in [7, 11) is 2.11. The van der Waals surface area contributed by atoms with Crippen molar-refractivity contribution in [1.82, 2.24) is 0 Å². The second-order valence-electron chi connectivity index (χ2n) is 6.46. The van der Waals surface area contributed by atoms with E-state index in [1.807, 2.05) is 39.0 Å². The fourth-order valence-corrected chi connectivity index (χ4v) is 2.43. The molecule has 2 rings (SSSR count). The molecule has 0 amide bonds. The predicted molar refractivity (Wildman–Crippen MR) is 73.7 cm³/mol. The van der Waals surface area contributed by atoms with Crippen LogP contribution in [0, 0.1) is 0 Å². The van der Waals surface area contributed by atoms with E-state index < -0.39 is 5.60 Å². The van der Waals surface area contributed by atoms with Crippen molar-refractivity contribution >= 4 is 0 Å². The summed E-state index contributed by atoms with van der Waals surface area (Å²) < 4.78 is 6.16. The molecule has 0 unspecified atom stereocenters. The molecule has 0 N–H and O–H groups in total. The van der Waals surface area contributed by atoms with Crippen LogP contribution in [0.25, 0.3) is 0 Å². The van der Waals surface area contributed by atoms with E-state index in [0.29, 0.717) is 4.48 Å². The highest BCUT2D eigenvalue weighted by Crippen LogP contribution is 2.35. The molecule has 19 heavy (non-hydrogen) atoms. The average molecular weight is 261 g/mol. The summed E-state index contributed by atoms with van der Waals surface area (Å²) in [6.45, 7) is 7.59. The lowest BCUT2D eigenvalue weighted by Crippen LogP contribution is -2.53. The van der Waals surface area contributed by atoms with Crippen molar-refractivity contribution in [3.63, 3.8) is 0 Å². The molecule has 0 spiro atoms. The highest BCUT2D eigenvalue weighted by atomic mass is 16.6. The molecule has 1 aromatic carbocycles. The smallest absolute Gasteiger partial charge is 0.137 e. The molecule has 3 nitrogen and oxygen atoms in total. The lowest BCUT2D eigenvalue weighted by molar-refractivity contribution is -0.922. The molecule has 1 heterocycles. The van der Waals surface area contributed by atoms with E-state index in [0.717, 1.165) is 25.2 Å². The van der Waals surface area contributed by atoms with Gasteiger partial charge in [-0.2, -0.15) is 0 Å². The van der Waals surface area contributed by atoms with Gasteiger partial charge >= 0.3 is 0 Å². The van der Waals surface area contributed by atoms with Gasteiger partial charge in [-0.15, -0.1) is 0 Å². The Kier molecular flexibility index (Phi) is 3.59. The lowest BCUT2D eigenvalue weighted by Gasteiger charge is -2.47. The van der Waals surface area contributed by atoms with Gasteiger partial charge < -0.3 is 9.84 Å². The Morgan fingerprint density at radius 1 is 1.26 bits per heavy atom. The van der Waals surface area contributed by atoms with Crippen molar-refractivity contribution in [1.29, 1.82) is 0 Å². The fourth-order valence-electron chi connectivity index (χ4n) is 2.43. The summed E-state index contributed by atoms with van der Waals surface area (Å²) in [4.78, 5) is 0. The van der Waals surface area contributed by atoms with Crippen molar-refractivity contribution in [2.75, 3.05) is 13.6 Å². The van der Waals surface area contributed by atoms with Gasteiger partial charge in [0.2, 0.25) is 0 Å². The van der Waals surface area contributed by atoms with Crippen molar-refractivity contribution in [2.24, 2.45) is 0 Å². The summed E-state index contributed by atoms with van der Waals surface area (Å²) in [5.41, 5.74) is 1.72. The number of hydrogen-bond acceptors (Lipinski definition) is 2. The summed E-state index contributed by atoms with van der Waals surface area (Å²) >= 11 is 0. The highest BCUT2D eigenvalue weighted by molar-refractivity contribution is 5.14. The number of nitrogens with zero attached hydrogens (tertiary/aromatic N) is 1. The van der Waals surface area contributed by atoms with Gasteiger partial charge in [-0.3, -0.25) is 4.48 Å². The normalized spacial score (nSPS) is 25.7. The molecule has 1 aromatic rings. The molecule has 104 valence electrons. The van der Waals surface area contributed by atoms with E-state index in [2.05, 4.69) is 19.2 Å². The van der Waals surface area contributed by atoms with Gasteiger partial charge in [0.05, 0.1) is 20.0 Å². The highest BCUT2D eigenvalue weighted by Gasteiger charge is 2.39. The van der Waals surface area contributed by atoms with E-state index in [-0.39, 0.29) is 5.95 Å². The van der Waals surface area contributed by atoms with E-state index >= 15 is 0 Å². The minimum Gasteiger partial charge on any atom is -0.604 e. The molecule has 3 heteroatoms. The predicted octanol–water partition coefficient (Wildman–Crippen LogP) is 2.38. The van der Waals surface area contributed by atoms with Crippen molar-refractivity contribution in [3.05, 3.63) is 47.5 Å². The quantitative estimate of drug-likeness (QED) is 0.618. The molecule has 0 aliphatic carbocycles. The molecule has 0 saturated carbocycles. The third kappa shape index (κ3) is 3.29. The van der Waals surface area contributed by atoms with E-state index in [1.54, 1.807) is 0 Å². The van der Waals surface area contributed by atoms with Crippen LogP contribution in [0.2, 0.25) is 0 Å². The average Bonchev–Trinajstić information content (AvgIpc) is 2.26. The SMILES string of the molecule is CC(C)(C)O/C([O-])=C1\CC[N@+]1(C)Cc1ccccc1. The number of ether oxygens (including phenoxy) is 1. The number of quaternary nitrogens is 1. The Bertz CT molecular complexity index is 473. The first-order valence-corrected chi connectivity index (χ1v) is 6.78. The van der Waals surface area contributed by atoms with Gasteiger partial charge in [-0.25, -0.2) is 0 Å². The number of likely N-dealkylation sites (tertiary alicyclic amines) is 1. The Balaban J connectivity index is 2.14. The molecule has 0 aromatic heterocycles. The summed E-state index contributed by atoms with van der Waals surface area (Å²) in [5.74, 6) is -0.141. The van der Waals surface area contributed by atoms with Gasteiger partial charge in [0.25, 0.3) is 0 Å². The number of hydrogen-bond donors (Lipinski definition) is 0. The van der Waals surface area contributed by atoms with Gasteiger partial charge in [-0.1, -0.05) is 51.1 Å². The zero-order chi connectivity index (χ0) is 14.1. The van der Waals surface area contributed by atoms with Crippen molar-refractivity contribution in [2.45, 2.75) is 39.3 Å². The summed E-state index contributed by atoms with van der Waals surface area (Å²) in [5, 5.41) is 12.2. The largest absolute Gasteiger partial charge is 0.604 e. The van der Waals surface area contributed by atoms with Crippen LogP contribution in [0.15, 0.2) is 42.0 Å². The number of benzene rings is 1. The number of rotatable bonds is 3. The van der Waals surface area contributed by atoms with Crippen molar-refractivity contribution < 1.29 is 14.3 Å². The molecule has 0 radical (unpaired) electrons. The Labute approximate surface area is 115 Å². The van der Waals surface area contributed by atoms with Crippen LogP contribution >= 0.6 is 0 Å². The topological polar surface area (TPSA) is 32.3 Å². The van der Waals surface area contributed by atoms with Crippen LogP contribution in [0.4, 0.5) is 0 Å². The Morgan fingerprint density at radius 3 is 2.37 bits per heavy atom. The van der Waals surface area contributed by atoms with Crippen molar-refractivity contribution in [3.8, 4) is 0 Å².